The fourth-order valence-electron chi connectivity index (χ4n) is 2.95. The van der Waals surface area contributed by atoms with Crippen LogP contribution in [-0.4, -0.2) is 29.3 Å². The summed E-state index contributed by atoms with van der Waals surface area (Å²) in [4.78, 5) is 38.7. The molecule has 144 valence electrons. The zero-order chi connectivity index (χ0) is 20.1. The molecule has 0 spiro atoms. The largest absolute Gasteiger partial charge is 0.361 e. The summed E-state index contributed by atoms with van der Waals surface area (Å²) in [5.74, 6) is -1.66. The highest BCUT2D eigenvalue weighted by molar-refractivity contribution is 6.39. The third-order valence-corrected chi connectivity index (χ3v) is 4.37. The van der Waals surface area contributed by atoms with Crippen molar-refractivity contribution in [3.63, 3.8) is 0 Å². The smallest absolute Gasteiger partial charge is 0.313 e. The molecule has 0 fully saturated rings. The van der Waals surface area contributed by atoms with E-state index in [2.05, 4.69) is 20.9 Å². The molecule has 3 aromatic rings. The maximum atomic E-state index is 12.2. The molecule has 7 heteroatoms. The Bertz CT molecular complexity index is 1040. The van der Waals surface area contributed by atoms with E-state index < -0.39 is 11.8 Å². The number of aromatic amines is 1. The number of hydrogen-bond donors (Lipinski definition) is 4. The molecule has 3 amide bonds. The van der Waals surface area contributed by atoms with Gasteiger partial charge < -0.3 is 20.9 Å². The number of fused-ring (bicyclic) bond motifs is 1. The summed E-state index contributed by atoms with van der Waals surface area (Å²) < 4.78 is 0. The summed E-state index contributed by atoms with van der Waals surface area (Å²) in [7, 11) is 0. The molecule has 4 N–H and O–H groups in total. The van der Waals surface area contributed by atoms with Crippen LogP contribution in [0.4, 0.5) is 11.4 Å². The molecule has 0 unspecified atom stereocenters. The number of nitrogens with one attached hydrogen (secondary N) is 4. The normalized spacial score (nSPS) is 10.5. The van der Waals surface area contributed by atoms with Crippen LogP contribution in [0.1, 0.15) is 18.1 Å². The summed E-state index contributed by atoms with van der Waals surface area (Å²) in [6.07, 6.45) is 2.52. The molecule has 0 aliphatic carbocycles. The number of rotatable bonds is 5. The number of aryl methyl sites for hydroxylation is 1. The maximum Gasteiger partial charge on any atom is 0.313 e. The average molecular weight is 378 g/mol. The highest BCUT2D eigenvalue weighted by atomic mass is 16.2. The summed E-state index contributed by atoms with van der Waals surface area (Å²) in [5, 5.41) is 8.97. The van der Waals surface area contributed by atoms with Gasteiger partial charge in [-0.05, 0) is 42.7 Å². The second kappa shape index (κ2) is 8.39. The zero-order valence-corrected chi connectivity index (χ0v) is 15.8. The summed E-state index contributed by atoms with van der Waals surface area (Å²) in [5.41, 5.74) is 3.93. The molecular weight excluding hydrogens is 356 g/mol. The number of benzene rings is 2. The maximum absolute atomic E-state index is 12.2. The number of H-pyrrole nitrogens is 1. The van der Waals surface area contributed by atoms with Crippen molar-refractivity contribution < 1.29 is 14.4 Å². The molecule has 0 radical (unpaired) electrons. The van der Waals surface area contributed by atoms with Gasteiger partial charge in [0, 0.05) is 41.9 Å². The number of carbonyl (C=O) groups excluding carboxylic acids is 3. The van der Waals surface area contributed by atoms with Crippen molar-refractivity contribution in [1.82, 2.24) is 10.3 Å². The van der Waals surface area contributed by atoms with Crippen LogP contribution in [0, 0.1) is 6.92 Å². The molecule has 3 rings (SSSR count). The molecule has 1 heterocycles. The quantitative estimate of drug-likeness (QED) is 0.513. The van der Waals surface area contributed by atoms with Gasteiger partial charge in [-0.25, -0.2) is 0 Å². The Morgan fingerprint density at radius 2 is 1.79 bits per heavy atom. The SMILES string of the molecule is CC(=O)Nc1ccc(C)c(NC(=O)C(=O)NCCc2c[nH]c3ccccc23)c1. The third kappa shape index (κ3) is 4.56. The summed E-state index contributed by atoms with van der Waals surface area (Å²) in [6.45, 7) is 3.56. The molecule has 0 bridgehead atoms. The van der Waals surface area contributed by atoms with E-state index in [0.717, 1.165) is 22.0 Å². The van der Waals surface area contributed by atoms with Crippen LogP contribution < -0.4 is 16.0 Å². The number of hydrogen-bond acceptors (Lipinski definition) is 3. The van der Waals surface area contributed by atoms with Crippen LogP contribution in [0.3, 0.4) is 0 Å². The van der Waals surface area contributed by atoms with E-state index in [1.165, 1.54) is 6.92 Å². The molecule has 28 heavy (non-hydrogen) atoms. The van der Waals surface area contributed by atoms with Gasteiger partial charge in [0.15, 0.2) is 0 Å². The van der Waals surface area contributed by atoms with Crippen LogP contribution >= 0.6 is 0 Å². The Hall–Kier alpha value is -3.61. The fourth-order valence-corrected chi connectivity index (χ4v) is 2.95. The standard InChI is InChI=1S/C21H22N4O3/c1-13-7-8-16(24-14(2)26)11-19(13)25-21(28)20(27)22-10-9-15-12-23-18-6-4-3-5-17(15)18/h3-8,11-12,23H,9-10H2,1-2H3,(H,22,27)(H,24,26)(H,25,28). The van der Waals surface area contributed by atoms with E-state index in [1.54, 1.807) is 18.2 Å². The molecule has 0 aliphatic heterocycles. The van der Waals surface area contributed by atoms with Crippen molar-refractivity contribution in [1.29, 1.82) is 0 Å². The van der Waals surface area contributed by atoms with Gasteiger partial charge in [-0.3, -0.25) is 14.4 Å². The van der Waals surface area contributed by atoms with Crippen molar-refractivity contribution in [2.75, 3.05) is 17.2 Å². The van der Waals surface area contributed by atoms with Crippen LogP contribution in [0.2, 0.25) is 0 Å². The Kier molecular flexibility index (Phi) is 5.74. The lowest BCUT2D eigenvalue weighted by atomic mass is 10.1. The Morgan fingerprint density at radius 3 is 2.57 bits per heavy atom. The summed E-state index contributed by atoms with van der Waals surface area (Å²) in [6, 6.07) is 13.0. The van der Waals surface area contributed by atoms with Crippen molar-refractivity contribution in [3.05, 3.63) is 59.8 Å². The van der Waals surface area contributed by atoms with Crippen molar-refractivity contribution in [3.8, 4) is 0 Å². The number of carbonyl (C=O) groups is 3. The molecule has 2 aromatic carbocycles. The minimum absolute atomic E-state index is 0.212. The van der Waals surface area contributed by atoms with E-state index in [-0.39, 0.29) is 5.91 Å². The van der Waals surface area contributed by atoms with Gasteiger partial charge in [-0.15, -0.1) is 0 Å². The van der Waals surface area contributed by atoms with Gasteiger partial charge in [0.25, 0.3) is 0 Å². The predicted molar refractivity (Wildman–Crippen MR) is 109 cm³/mol. The second-order valence-electron chi connectivity index (χ2n) is 6.53. The fraction of sp³-hybridized carbons (Fsp3) is 0.190. The molecule has 0 saturated heterocycles. The first kappa shape index (κ1) is 19.2. The lowest BCUT2D eigenvalue weighted by Gasteiger charge is -2.11. The van der Waals surface area contributed by atoms with E-state index in [4.69, 9.17) is 0 Å². The van der Waals surface area contributed by atoms with Gasteiger partial charge in [0.2, 0.25) is 5.91 Å². The molecule has 1 aromatic heterocycles. The van der Waals surface area contributed by atoms with E-state index >= 15 is 0 Å². The topological polar surface area (TPSA) is 103 Å². The number of para-hydroxylation sites is 1. The summed E-state index contributed by atoms with van der Waals surface area (Å²) >= 11 is 0. The van der Waals surface area contributed by atoms with E-state index in [0.29, 0.717) is 24.3 Å². The number of amides is 3. The third-order valence-electron chi connectivity index (χ3n) is 4.37. The van der Waals surface area contributed by atoms with Gasteiger partial charge >= 0.3 is 11.8 Å². The second-order valence-corrected chi connectivity index (χ2v) is 6.53. The van der Waals surface area contributed by atoms with Crippen LogP contribution in [0.5, 0.6) is 0 Å². The van der Waals surface area contributed by atoms with Crippen molar-refractivity contribution in [2.45, 2.75) is 20.3 Å². The lowest BCUT2D eigenvalue weighted by molar-refractivity contribution is -0.136. The van der Waals surface area contributed by atoms with E-state index in [9.17, 15) is 14.4 Å². The first-order valence-electron chi connectivity index (χ1n) is 8.96. The zero-order valence-electron chi connectivity index (χ0n) is 15.8. The van der Waals surface area contributed by atoms with Gasteiger partial charge in [0.1, 0.15) is 0 Å². The van der Waals surface area contributed by atoms with Crippen molar-refractivity contribution >= 4 is 40.0 Å². The number of aromatic nitrogens is 1. The van der Waals surface area contributed by atoms with Crippen LogP contribution in [-0.2, 0) is 20.8 Å². The highest BCUT2D eigenvalue weighted by Crippen LogP contribution is 2.20. The molecule has 0 saturated carbocycles. The Balaban J connectivity index is 1.56. The monoisotopic (exact) mass is 378 g/mol. The first-order valence-corrected chi connectivity index (χ1v) is 8.96. The lowest BCUT2D eigenvalue weighted by Crippen LogP contribution is -2.36. The highest BCUT2D eigenvalue weighted by Gasteiger charge is 2.15. The molecule has 0 atom stereocenters. The minimum Gasteiger partial charge on any atom is -0.361 e. The van der Waals surface area contributed by atoms with E-state index in [1.807, 2.05) is 37.4 Å². The van der Waals surface area contributed by atoms with Crippen molar-refractivity contribution in [2.24, 2.45) is 0 Å². The van der Waals surface area contributed by atoms with Crippen LogP contribution in [0.25, 0.3) is 10.9 Å². The van der Waals surface area contributed by atoms with Gasteiger partial charge in [0.05, 0.1) is 0 Å². The Morgan fingerprint density at radius 1 is 1.00 bits per heavy atom. The average Bonchev–Trinajstić information content (AvgIpc) is 3.07. The molecule has 7 nitrogen and oxygen atoms in total. The Labute approximate surface area is 162 Å². The molecular formula is C21H22N4O3. The molecule has 0 aliphatic rings. The van der Waals surface area contributed by atoms with Gasteiger partial charge in [-0.2, -0.15) is 0 Å². The van der Waals surface area contributed by atoms with Gasteiger partial charge in [-0.1, -0.05) is 24.3 Å². The number of anilines is 2. The predicted octanol–water partition coefficient (Wildman–Crippen LogP) is 2.73. The minimum atomic E-state index is -0.748. The van der Waals surface area contributed by atoms with Crippen LogP contribution in [0.15, 0.2) is 48.7 Å². The first-order chi connectivity index (χ1) is 13.4.